The van der Waals surface area contributed by atoms with Crippen LogP contribution in [-0.4, -0.2) is 27.2 Å². The zero-order chi connectivity index (χ0) is 18.4. The Kier molecular flexibility index (Phi) is 4.02. The van der Waals surface area contributed by atoms with E-state index in [0.717, 1.165) is 41.8 Å². The summed E-state index contributed by atoms with van der Waals surface area (Å²) in [6, 6.07) is 8.42. The molecule has 0 N–H and O–H groups in total. The molecule has 0 saturated heterocycles. The molecule has 4 rings (SSSR count). The molecular formula is C21H24N4O. The van der Waals surface area contributed by atoms with Crippen LogP contribution in [0.4, 0.5) is 5.69 Å². The Labute approximate surface area is 153 Å². The van der Waals surface area contributed by atoms with Crippen LogP contribution in [0.25, 0.3) is 11.0 Å². The second-order valence-corrected chi connectivity index (χ2v) is 7.41. The first-order valence-corrected chi connectivity index (χ1v) is 9.19. The molecule has 5 heteroatoms. The Balaban J connectivity index is 1.73. The highest BCUT2D eigenvalue weighted by Crippen LogP contribution is 2.31. The molecule has 1 aliphatic rings. The first-order valence-electron chi connectivity index (χ1n) is 9.19. The molecule has 1 aliphatic heterocycles. The average molecular weight is 348 g/mol. The zero-order valence-corrected chi connectivity index (χ0v) is 15.8. The summed E-state index contributed by atoms with van der Waals surface area (Å²) in [5.41, 5.74) is 5.95. The average Bonchev–Trinajstić information content (AvgIpc) is 2.93. The number of hydrogen-bond donors (Lipinski definition) is 0. The van der Waals surface area contributed by atoms with E-state index in [1.165, 1.54) is 11.1 Å². The summed E-state index contributed by atoms with van der Waals surface area (Å²) in [4.78, 5) is 19.6. The van der Waals surface area contributed by atoms with Crippen LogP contribution >= 0.6 is 0 Å². The van der Waals surface area contributed by atoms with Crippen LogP contribution in [0.15, 0.2) is 30.5 Å². The third-order valence-electron chi connectivity index (χ3n) is 5.24. The second kappa shape index (κ2) is 6.24. The SMILES string of the molecule is Cc1nn(C)c2ncc(C(=O)N3CCCc4cc(C(C)C)ccc43)cc12. The van der Waals surface area contributed by atoms with Crippen LogP contribution in [0.2, 0.25) is 0 Å². The molecule has 0 bridgehead atoms. The van der Waals surface area contributed by atoms with Crippen molar-refractivity contribution in [1.82, 2.24) is 14.8 Å². The van der Waals surface area contributed by atoms with Crippen LogP contribution in [0.3, 0.4) is 0 Å². The lowest BCUT2D eigenvalue weighted by molar-refractivity contribution is 0.0985. The van der Waals surface area contributed by atoms with Gasteiger partial charge in [-0.15, -0.1) is 0 Å². The number of carbonyl (C=O) groups is 1. The predicted molar refractivity (Wildman–Crippen MR) is 104 cm³/mol. The number of anilines is 1. The smallest absolute Gasteiger partial charge is 0.259 e. The molecule has 0 atom stereocenters. The van der Waals surface area contributed by atoms with Gasteiger partial charge in [0.15, 0.2) is 5.65 Å². The predicted octanol–water partition coefficient (Wildman–Crippen LogP) is 3.99. The number of carbonyl (C=O) groups excluding carboxylic acids is 1. The summed E-state index contributed by atoms with van der Waals surface area (Å²) >= 11 is 0. The summed E-state index contributed by atoms with van der Waals surface area (Å²) in [5.74, 6) is 0.507. The highest BCUT2D eigenvalue weighted by atomic mass is 16.2. The zero-order valence-electron chi connectivity index (χ0n) is 15.8. The fourth-order valence-corrected chi connectivity index (χ4v) is 3.77. The van der Waals surface area contributed by atoms with E-state index in [0.29, 0.717) is 11.5 Å². The van der Waals surface area contributed by atoms with Gasteiger partial charge in [-0.1, -0.05) is 26.0 Å². The maximum atomic E-state index is 13.2. The van der Waals surface area contributed by atoms with E-state index in [1.54, 1.807) is 10.9 Å². The minimum absolute atomic E-state index is 0.0147. The van der Waals surface area contributed by atoms with Gasteiger partial charge in [0, 0.05) is 30.9 Å². The van der Waals surface area contributed by atoms with Crippen LogP contribution in [0, 0.1) is 6.92 Å². The number of pyridine rings is 1. The van der Waals surface area contributed by atoms with E-state index in [2.05, 4.69) is 42.1 Å². The van der Waals surface area contributed by atoms with Gasteiger partial charge in [0.25, 0.3) is 5.91 Å². The number of aryl methyl sites for hydroxylation is 3. The lowest BCUT2D eigenvalue weighted by Crippen LogP contribution is -2.35. The Morgan fingerprint density at radius 1 is 1.23 bits per heavy atom. The summed E-state index contributed by atoms with van der Waals surface area (Å²) in [5, 5.41) is 5.33. The largest absolute Gasteiger partial charge is 0.308 e. The van der Waals surface area contributed by atoms with E-state index in [4.69, 9.17) is 0 Å². The fourth-order valence-electron chi connectivity index (χ4n) is 3.77. The van der Waals surface area contributed by atoms with E-state index >= 15 is 0 Å². The van der Waals surface area contributed by atoms with Crippen molar-refractivity contribution in [3.05, 3.63) is 52.8 Å². The molecule has 2 aromatic heterocycles. The molecule has 3 heterocycles. The molecule has 0 radical (unpaired) electrons. The molecule has 3 aromatic rings. The van der Waals surface area contributed by atoms with E-state index in [1.807, 2.05) is 24.9 Å². The molecule has 0 aliphatic carbocycles. The number of nitrogens with zero attached hydrogens (tertiary/aromatic N) is 4. The number of rotatable bonds is 2. The maximum Gasteiger partial charge on any atom is 0.259 e. The van der Waals surface area contributed by atoms with Gasteiger partial charge in [-0.25, -0.2) is 4.98 Å². The van der Waals surface area contributed by atoms with Gasteiger partial charge >= 0.3 is 0 Å². The van der Waals surface area contributed by atoms with Crippen molar-refractivity contribution in [1.29, 1.82) is 0 Å². The minimum Gasteiger partial charge on any atom is -0.308 e. The lowest BCUT2D eigenvalue weighted by atomic mass is 9.94. The Morgan fingerprint density at radius 3 is 2.81 bits per heavy atom. The molecular weight excluding hydrogens is 324 g/mol. The third-order valence-corrected chi connectivity index (χ3v) is 5.24. The van der Waals surface area contributed by atoms with Crippen LogP contribution in [-0.2, 0) is 13.5 Å². The molecule has 0 fully saturated rings. The molecule has 5 nitrogen and oxygen atoms in total. The van der Waals surface area contributed by atoms with Gasteiger partial charge in [-0.2, -0.15) is 5.10 Å². The number of amides is 1. The normalized spacial score (nSPS) is 14.1. The van der Waals surface area contributed by atoms with E-state index in [9.17, 15) is 4.79 Å². The highest BCUT2D eigenvalue weighted by molar-refractivity contribution is 6.08. The number of benzene rings is 1. The van der Waals surface area contributed by atoms with Gasteiger partial charge in [0.1, 0.15) is 0 Å². The van der Waals surface area contributed by atoms with Crippen LogP contribution in [0.1, 0.15) is 53.4 Å². The van der Waals surface area contributed by atoms with Gasteiger partial charge in [-0.3, -0.25) is 9.48 Å². The first kappa shape index (κ1) is 16.8. The van der Waals surface area contributed by atoms with Crippen molar-refractivity contribution < 1.29 is 4.79 Å². The Morgan fingerprint density at radius 2 is 2.04 bits per heavy atom. The summed E-state index contributed by atoms with van der Waals surface area (Å²) in [6.07, 6.45) is 3.68. The second-order valence-electron chi connectivity index (χ2n) is 7.41. The summed E-state index contributed by atoms with van der Waals surface area (Å²) < 4.78 is 1.75. The van der Waals surface area contributed by atoms with Gasteiger partial charge in [-0.05, 0) is 48.9 Å². The summed E-state index contributed by atoms with van der Waals surface area (Å²) in [7, 11) is 1.87. The van der Waals surface area contributed by atoms with Crippen LogP contribution in [0.5, 0.6) is 0 Å². The van der Waals surface area contributed by atoms with Gasteiger partial charge in [0.2, 0.25) is 0 Å². The van der Waals surface area contributed by atoms with Crippen molar-refractivity contribution in [2.75, 3.05) is 11.4 Å². The quantitative estimate of drug-likeness (QED) is 0.703. The van der Waals surface area contributed by atoms with Crippen LogP contribution < -0.4 is 4.90 Å². The molecule has 1 amide bonds. The molecule has 0 saturated carbocycles. The monoisotopic (exact) mass is 348 g/mol. The fraction of sp³-hybridized carbons (Fsp3) is 0.381. The minimum atomic E-state index is 0.0147. The lowest BCUT2D eigenvalue weighted by Gasteiger charge is -2.30. The van der Waals surface area contributed by atoms with Crippen molar-refractivity contribution >= 4 is 22.6 Å². The Bertz CT molecular complexity index is 1000. The molecule has 0 unspecified atom stereocenters. The molecule has 26 heavy (non-hydrogen) atoms. The standard InChI is InChI=1S/C21H24N4O/c1-13(2)15-7-8-19-16(10-15)6-5-9-25(19)21(26)17-11-18-14(3)23-24(4)20(18)22-12-17/h7-8,10-13H,5-6,9H2,1-4H3. The molecule has 1 aromatic carbocycles. The van der Waals surface area contributed by atoms with Crippen molar-refractivity contribution in [3.8, 4) is 0 Å². The molecule has 0 spiro atoms. The molecule has 134 valence electrons. The Hall–Kier alpha value is -2.69. The third kappa shape index (κ3) is 2.68. The van der Waals surface area contributed by atoms with Crippen molar-refractivity contribution in [2.45, 2.75) is 39.5 Å². The number of fused-ring (bicyclic) bond motifs is 2. The van der Waals surface area contributed by atoms with Crippen molar-refractivity contribution in [3.63, 3.8) is 0 Å². The topological polar surface area (TPSA) is 51.0 Å². The maximum absolute atomic E-state index is 13.2. The summed E-state index contributed by atoms with van der Waals surface area (Å²) in [6.45, 7) is 7.09. The van der Waals surface area contributed by atoms with E-state index in [-0.39, 0.29) is 5.91 Å². The van der Waals surface area contributed by atoms with E-state index < -0.39 is 0 Å². The number of hydrogen-bond acceptors (Lipinski definition) is 3. The van der Waals surface area contributed by atoms with Gasteiger partial charge < -0.3 is 4.90 Å². The van der Waals surface area contributed by atoms with Gasteiger partial charge in [0.05, 0.1) is 11.3 Å². The van der Waals surface area contributed by atoms with Crippen molar-refractivity contribution in [2.24, 2.45) is 7.05 Å². The highest BCUT2D eigenvalue weighted by Gasteiger charge is 2.25. The number of aromatic nitrogens is 3. The first-order chi connectivity index (χ1) is 12.5.